The molecule has 3 rings (SSSR count). The van der Waals surface area contributed by atoms with Crippen molar-refractivity contribution in [3.05, 3.63) is 57.5 Å². The van der Waals surface area contributed by atoms with Crippen molar-refractivity contribution < 1.29 is 14.0 Å². The zero-order chi connectivity index (χ0) is 21.8. The minimum Gasteiger partial charge on any atom is -0.459 e. The molecule has 2 heterocycles. The number of likely N-dealkylation sites (tertiary alicyclic amines) is 1. The van der Waals surface area contributed by atoms with E-state index in [1.165, 1.54) is 6.26 Å². The summed E-state index contributed by atoms with van der Waals surface area (Å²) in [7, 11) is 0. The molecule has 2 N–H and O–H groups in total. The van der Waals surface area contributed by atoms with Gasteiger partial charge in [0.1, 0.15) is 0 Å². The average molecular weight is 452 g/mol. The van der Waals surface area contributed by atoms with Crippen LogP contribution in [0, 0.1) is 6.92 Å². The monoisotopic (exact) mass is 451 g/mol. The lowest BCUT2D eigenvalue weighted by Gasteiger charge is -2.36. The van der Waals surface area contributed by atoms with Crippen LogP contribution in [0.5, 0.6) is 0 Å². The van der Waals surface area contributed by atoms with Gasteiger partial charge in [0.2, 0.25) is 5.91 Å². The molecule has 8 heteroatoms. The maximum Gasteiger partial charge on any atom is 0.287 e. The van der Waals surface area contributed by atoms with E-state index in [0.29, 0.717) is 15.8 Å². The largest absolute Gasteiger partial charge is 0.459 e. The second-order valence-corrected chi connectivity index (χ2v) is 8.63. The molecule has 1 saturated heterocycles. The van der Waals surface area contributed by atoms with Crippen LogP contribution in [0.25, 0.3) is 0 Å². The molecule has 30 heavy (non-hydrogen) atoms. The second kappa shape index (κ2) is 9.86. The number of hydrogen-bond acceptors (Lipinski definition) is 4. The minimum absolute atomic E-state index is 0.0535. The van der Waals surface area contributed by atoms with Crippen molar-refractivity contribution >= 4 is 35.0 Å². The van der Waals surface area contributed by atoms with Crippen molar-refractivity contribution in [3.63, 3.8) is 0 Å². The molecule has 6 nitrogen and oxygen atoms in total. The highest BCUT2D eigenvalue weighted by Gasteiger charge is 2.29. The molecule has 2 aromatic rings. The number of halogens is 2. The first-order valence-corrected chi connectivity index (χ1v) is 10.9. The molecule has 0 bridgehead atoms. The summed E-state index contributed by atoms with van der Waals surface area (Å²) in [6.07, 6.45) is 3.08. The number of benzene rings is 1. The Morgan fingerprint density at radius 1 is 1.17 bits per heavy atom. The Morgan fingerprint density at radius 3 is 2.47 bits per heavy atom. The van der Waals surface area contributed by atoms with Crippen LogP contribution in [0.1, 0.15) is 54.4 Å². The highest BCUT2D eigenvalue weighted by atomic mass is 35.5. The zero-order valence-electron chi connectivity index (χ0n) is 17.4. The Hall–Kier alpha value is -2.02. The number of rotatable bonds is 6. The van der Waals surface area contributed by atoms with Crippen molar-refractivity contribution in [3.8, 4) is 0 Å². The van der Waals surface area contributed by atoms with Gasteiger partial charge in [-0.3, -0.25) is 14.5 Å². The van der Waals surface area contributed by atoms with Gasteiger partial charge < -0.3 is 15.1 Å². The summed E-state index contributed by atoms with van der Waals surface area (Å²) in [5.74, 6) is 0.123. The van der Waals surface area contributed by atoms with Crippen LogP contribution in [0.15, 0.2) is 34.9 Å². The van der Waals surface area contributed by atoms with Gasteiger partial charge in [-0.2, -0.15) is 0 Å². The van der Waals surface area contributed by atoms with E-state index in [1.54, 1.807) is 18.2 Å². The van der Waals surface area contributed by atoms with Gasteiger partial charge in [-0.05, 0) is 57.4 Å². The zero-order valence-corrected chi connectivity index (χ0v) is 18.9. The number of furan rings is 1. The third-order valence-corrected chi connectivity index (χ3v) is 6.21. The number of amides is 2. The molecule has 162 valence electrons. The number of nitrogens with one attached hydrogen (secondary N) is 2. The molecule has 0 spiro atoms. The smallest absolute Gasteiger partial charge is 0.287 e. The fraction of sp³-hybridized carbons (Fsp3) is 0.455. The molecule has 1 aliphatic heterocycles. The van der Waals surface area contributed by atoms with Gasteiger partial charge in [0.25, 0.3) is 5.91 Å². The second-order valence-electron chi connectivity index (χ2n) is 7.79. The van der Waals surface area contributed by atoms with Crippen LogP contribution in [0.2, 0.25) is 10.0 Å². The maximum atomic E-state index is 12.8. The highest BCUT2D eigenvalue weighted by molar-refractivity contribution is 6.35. The molecular formula is C22H27Cl2N3O3. The molecule has 1 aliphatic rings. The summed E-state index contributed by atoms with van der Waals surface area (Å²) >= 11 is 12.2. The number of aryl methyl sites for hydroxylation is 1. The van der Waals surface area contributed by atoms with Crippen molar-refractivity contribution in [2.24, 2.45) is 0 Å². The van der Waals surface area contributed by atoms with Crippen LogP contribution in [0.3, 0.4) is 0 Å². The lowest BCUT2D eigenvalue weighted by atomic mass is 10.0. The Labute approximate surface area is 186 Å². The number of carbonyl (C=O) groups is 2. The van der Waals surface area contributed by atoms with E-state index < -0.39 is 0 Å². The molecular weight excluding hydrogens is 425 g/mol. The number of piperidine rings is 1. The molecule has 0 aliphatic carbocycles. The molecule has 0 saturated carbocycles. The van der Waals surface area contributed by atoms with Crippen LogP contribution in [-0.4, -0.2) is 41.9 Å². The minimum atomic E-state index is -0.275. The van der Waals surface area contributed by atoms with Gasteiger partial charge in [-0.15, -0.1) is 0 Å². The molecule has 2 unspecified atom stereocenters. The van der Waals surface area contributed by atoms with Crippen molar-refractivity contribution in [2.45, 2.75) is 51.7 Å². The summed E-state index contributed by atoms with van der Waals surface area (Å²) in [6.45, 7) is 7.10. The first-order valence-electron chi connectivity index (χ1n) is 10.1. The summed E-state index contributed by atoms with van der Waals surface area (Å²) in [6, 6.07) is 6.61. The maximum absolute atomic E-state index is 12.8. The van der Waals surface area contributed by atoms with E-state index in [9.17, 15) is 9.59 Å². The molecule has 0 radical (unpaired) electrons. The first kappa shape index (κ1) is 22.7. The van der Waals surface area contributed by atoms with Crippen LogP contribution in [0.4, 0.5) is 0 Å². The van der Waals surface area contributed by atoms with Crippen LogP contribution in [-0.2, 0) is 4.79 Å². The number of nitrogens with zero attached hydrogens (tertiary/aromatic N) is 1. The normalized spacial score (nSPS) is 17.4. The Kier molecular flexibility index (Phi) is 7.45. The molecule has 2 atom stereocenters. The quantitative estimate of drug-likeness (QED) is 0.683. The van der Waals surface area contributed by atoms with Crippen molar-refractivity contribution in [1.29, 1.82) is 0 Å². The van der Waals surface area contributed by atoms with Crippen molar-refractivity contribution in [1.82, 2.24) is 15.5 Å². The standard InChI is InChI=1S/C22H27Cl2N3O3/c1-13-8-11-30-20(13)22(29)26-17-6-9-27(10-7-17)15(3)21(28)25-14(2)18-5-4-16(23)12-19(18)24/h4-5,8,11-12,14-15,17H,6-7,9-10H2,1-3H3,(H,25,28)(H,26,29). The van der Waals surface area contributed by atoms with Gasteiger partial charge in [0.15, 0.2) is 5.76 Å². The third-order valence-electron chi connectivity index (χ3n) is 5.65. The fourth-order valence-corrected chi connectivity index (χ4v) is 4.29. The van der Waals surface area contributed by atoms with Gasteiger partial charge in [0.05, 0.1) is 18.3 Å². The van der Waals surface area contributed by atoms with Gasteiger partial charge in [-0.1, -0.05) is 29.3 Å². The fourth-order valence-electron chi connectivity index (χ4n) is 3.72. The van der Waals surface area contributed by atoms with E-state index in [0.717, 1.165) is 37.1 Å². The number of carbonyl (C=O) groups excluding carboxylic acids is 2. The number of hydrogen-bond donors (Lipinski definition) is 2. The summed E-state index contributed by atoms with van der Waals surface area (Å²) in [5.41, 5.74) is 1.65. The van der Waals surface area contributed by atoms with Crippen LogP contribution >= 0.6 is 23.2 Å². The molecule has 1 aromatic carbocycles. The Bertz CT molecular complexity index is 907. The highest BCUT2D eigenvalue weighted by Crippen LogP contribution is 2.26. The van der Waals surface area contributed by atoms with Crippen LogP contribution < -0.4 is 10.6 Å². The van der Waals surface area contributed by atoms with E-state index in [1.807, 2.05) is 26.8 Å². The molecule has 1 fully saturated rings. The van der Waals surface area contributed by atoms with Crippen molar-refractivity contribution in [2.75, 3.05) is 13.1 Å². The molecule has 2 amide bonds. The Balaban J connectivity index is 1.49. The van der Waals surface area contributed by atoms with E-state index in [2.05, 4.69) is 15.5 Å². The summed E-state index contributed by atoms with van der Waals surface area (Å²) in [5, 5.41) is 7.16. The van der Waals surface area contributed by atoms with Gasteiger partial charge in [0, 0.05) is 34.7 Å². The van der Waals surface area contributed by atoms with E-state index >= 15 is 0 Å². The van der Waals surface area contributed by atoms with E-state index in [-0.39, 0.29) is 29.9 Å². The predicted octanol–water partition coefficient (Wildman–Crippen LogP) is 4.35. The summed E-state index contributed by atoms with van der Waals surface area (Å²) in [4.78, 5) is 27.2. The third kappa shape index (κ3) is 5.36. The lowest BCUT2D eigenvalue weighted by Crippen LogP contribution is -2.52. The lowest BCUT2D eigenvalue weighted by molar-refractivity contribution is -0.127. The SMILES string of the molecule is Cc1ccoc1C(=O)NC1CCN(C(C)C(=O)NC(C)c2ccc(Cl)cc2Cl)CC1. The van der Waals surface area contributed by atoms with Gasteiger partial charge in [-0.25, -0.2) is 0 Å². The Morgan fingerprint density at radius 2 is 1.87 bits per heavy atom. The predicted molar refractivity (Wildman–Crippen MR) is 118 cm³/mol. The molecule has 1 aromatic heterocycles. The van der Waals surface area contributed by atoms with Gasteiger partial charge >= 0.3 is 0 Å². The first-order chi connectivity index (χ1) is 14.3. The van der Waals surface area contributed by atoms with E-state index in [4.69, 9.17) is 27.6 Å². The topological polar surface area (TPSA) is 74.6 Å². The summed E-state index contributed by atoms with van der Waals surface area (Å²) < 4.78 is 5.25. The average Bonchev–Trinajstić information content (AvgIpc) is 3.14.